The number of anilines is 2. The van der Waals surface area contributed by atoms with E-state index in [1.54, 1.807) is 48.7 Å². The molecule has 2 aromatic carbocycles. The fourth-order valence-electron chi connectivity index (χ4n) is 3.95. The van der Waals surface area contributed by atoms with Crippen molar-refractivity contribution >= 4 is 21.5 Å². The lowest BCUT2D eigenvalue weighted by atomic mass is 10.2. The van der Waals surface area contributed by atoms with E-state index in [1.807, 2.05) is 12.1 Å². The number of hydrogen-bond acceptors (Lipinski definition) is 6. The highest BCUT2D eigenvalue weighted by Gasteiger charge is 2.31. The second-order valence-corrected chi connectivity index (χ2v) is 10.1. The molecular weight excluding hydrogens is 481 g/mol. The molecule has 1 saturated heterocycles. The summed E-state index contributed by atoms with van der Waals surface area (Å²) in [6.07, 6.45) is -3.16. The van der Waals surface area contributed by atoms with Crippen LogP contribution in [0.15, 0.2) is 72.9 Å². The van der Waals surface area contributed by atoms with Crippen molar-refractivity contribution in [2.45, 2.75) is 31.6 Å². The predicted molar refractivity (Wildman–Crippen MR) is 127 cm³/mol. The van der Waals surface area contributed by atoms with E-state index in [2.05, 4.69) is 31.2 Å². The van der Waals surface area contributed by atoms with Crippen LogP contribution in [0.5, 0.6) is 5.75 Å². The smallest absolute Gasteiger partial charge is 0.406 e. The number of halogens is 3. The summed E-state index contributed by atoms with van der Waals surface area (Å²) in [7, 11) is -3.62. The second kappa shape index (κ2) is 10.1. The van der Waals surface area contributed by atoms with Crippen molar-refractivity contribution in [1.29, 1.82) is 0 Å². The van der Waals surface area contributed by atoms with Gasteiger partial charge in [0.25, 0.3) is 0 Å². The number of benzene rings is 2. The molecule has 2 heterocycles. The Labute approximate surface area is 202 Å². The van der Waals surface area contributed by atoms with Crippen molar-refractivity contribution in [1.82, 2.24) is 9.88 Å². The summed E-state index contributed by atoms with van der Waals surface area (Å²) in [4.78, 5) is 8.40. The zero-order valence-corrected chi connectivity index (χ0v) is 19.8. The maximum Gasteiger partial charge on any atom is 0.573 e. The molecule has 1 atom stereocenters. The van der Waals surface area contributed by atoms with Crippen LogP contribution in [-0.2, 0) is 22.3 Å². The van der Waals surface area contributed by atoms with Crippen molar-refractivity contribution in [3.8, 4) is 5.75 Å². The van der Waals surface area contributed by atoms with Gasteiger partial charge in [-0.15, -0.1) is 13.2 Å². The molecule has 0 radical (unpaired) electrons. The van der Waals surface area contributed by atoms with Crippen molar-refractivity contribution in [3.63, 3.8) is 0 Å². The summed E-state index contributed by atoms with van der Waals surface area (Å²) in [6, 6.07) is 18.4. The minimum atomic E-state index is -4.72. The SMILES string of the molecule is CC1CN(c2ccc(OC(F)(F)F)cc2)CN1Cc1ccnc(NS(=O)(=O)Cc2ccccc2)c1. The van der Waals surface area contributed by atoms with Crippen LogP contribution in [-0.4, -0.2) is 43.9 Å². The zero-order chi connectivity index (χ0) is 25.1. The van der Waals surface area contributed by atoms with Crippen LogP contribution in [0, 0.1) is 0 Å². The Bertz CT molecular complexity index is 1240. The van der Waals surface area contributed by atoms with E-state index in [9.17, 15) is 21.6 Å². The fourth-order valence-corrected chi connectivity index (χ4v) is 5.09. The second-order valence-electron chi connectivity index (χ2n) is 8.40. The summed E-state index contributed by atoms with van der Waals surface area (Å²) in [5, 5.41) is 0. The zero-order valence-electron chi connectivity index (χ0n) is 18.9. The van der Waals surface area contributed by atoms with Crippen LogP contribution in [0.4, 0.5) is 24.7 Å². The van der Waals surface area contributed by atoms with Crippen LogP contribution < -0.4 is 14.4 Å². The van der Waals surface area contributed by atoms with Crippen LogP contribution in [0.1, 0.15) is 18.1 Å². The molecular formula is C24H25F3N4O3S. The van der Waals surface area contributed by atoms with Crippen LogP contribution >= 0.6 is 0 Å². The lowest BCUT2D eigenvalue weighted by Crippen LogP contribution is -2.28. The van der Waals surface area contributed by atoms with Gasteiger partial charge in [0.2, 0.25) is 10.0 Å². The summed E-state index contributed by atoms with van der Waals surface area (Å²) < 4.78 is 68.7. The Balaban J connectivity index is 1.38. The molecule has 1 aliphatic rings. The van der Waals surface area contributed by atoms with Crippen LogP contribution in [0.25, 0.3) is 0 Å². The Morgan fingerprint density at radius 1 is 1.06 bits per heavy atom. The molecule has 11 heteroatoms. The third-order valence-corrected chi connectivity index (χ3v) is 6.80. The van der Waals surface area contributed by atoms with Gasteiger partial charge in [0.05, 0.1) is 12.4 Å². The molecule has 0 aliphatic carbocycles. The molecule has 1 aliphatic heterocycles. The summed E-state index contributed by atoms with van der Waals surface area (Å²) in [6.45, 7) is 3.88. The highest BCUT2D eigenvalue weighted by atomic mass is 32.2. The molecule has 7 nitrogen and oxygen atoms in total. The van der Waals surface area contributed by atoms with Crippen molar-refractivity contribution in [3.05, 3.63) is 84.1 Å². The van der Waals surface area contributed by atoms with Gasteiger partial charge in [0.1, 0.15) is 11.6 Å². The Morgan fingerprint density at radius 2 is 1.77 bits per heavy atom. The topological polar surface area (TPSA) is 74.8 Å². The number of hydrogen-bond donors (Lipinski definition) is 1. The van der Waals surface area contributed by atoms with E-state index in [4.69, 9.17) is 0 Å². The van der Waals surface area contributed by atoms with Crippen LogP contribution in [0.2, 0.25) is 0 Å². The number of nitrogens with one attached hydrogen (secondary N) is 1. The van der Waals surface area contributed by atoms with E-state index in [1.165, 1.54) is 12.1 Å². The van der Waals surface area contributed by atoms with Crippen LogP contribution in [0.3, 0.4) is 0 Å². The first kappa shape index (κ1) is 24.8. The maximum atomic E-state index is 12.5. The molecule has 0 saturated carbocycles. The van der Waals surface area contributed by atoms with E-state index >= 15 is 0 Å². The summed E-state index contributed by atoms with van der Waals surface area (Å²) in [5.74, 6) is -0.156. The Kier molecular flexibility index (Phi) is 7.18. The van der Waals surface area contributed by atoms with Crippen molar-refractivity contribution in [2.24, 2.45) is 0 Å². The monoisotopic (exact) mass is 506 g/mol. The first-order valence-electron chi connectivity index (χ1n) is 10.9. The number of ether oxygens (including phenoxy) is 1. The molecule has 0 spiro atoms. The van der Waals surface area contributed by atoms with Crippen molar-refractivity contribution < 1.29 is 26.3 Å². The molecule has 0 amide bonds. The Hall–Kier alpha value is -3.31. The predicted octanol–water partition coefficient (Wildman–Crippen LogP) is 4.59. The van der Waals surface area contributed by atoms with E-state index < -0.39 is 16.4 Å². The number of pyridine rings is 1. The van der Waals surface area contributed by atoms with Gasteiger partial charge < -0.3 is 9.64 Å². The maximum absolute atomic E-state index is 12.5. The number of sulfonamides is 1. The largest absolute Gasteiger partial charge is 0.573 e. The van der Waals surface area contributed by atoms with Gasteiger partial charge in [0, 0.05) is 31.0 Å². The first-order valence-corrected chi connectivity index (χ1v) is 12.6. The number of rotatable bonds is 8. The number of nitrogens with zero attached hydrogens (tertiary/aromatic N) is 3. The Morgan fingerprint density at radius 3 is 2.46 bits per heavy atom. The lowest BCUT2D eigenvalue weighted by molar-refractivity contribution is -0.274. The van der Waals surface area contributed by atoms with Gasteiger partial charge in [-0.1, -0.05) is 30.3 Å². The van der Waals surface area contributed by atoms with Gasteiger partial charge in [-0.2, -0.15) is 0 Å². The third-order valence-electron chi connectivity index (χ3n) is 5.57. The highest BCUT2D eigenvalue weighted by Crippen LogP contribution is 2.28. The van der Waals surface area contributed by atoms with Gasteiger partial charge in [-0.3, -0.25) is 9.62 Å². The van der Waals surface area contributed by atoms with Crippen molar-refractivity contribution in [2.75, 3.05) is 22.8 Å². The minimum absolute atomic E-state index is 0.148. The first-order chi connectivity index (χ1) is 16.6. The van der Waals surface area contributed by atoms with Gasteiger partial charge in [-0.25, -0.2) is 13.4 Å². The van der Waals surface area contributed by atoms with E-state index in [0.717, 1.165) is 11.3 Å². The summed E-state index contributed by atoms with van der Waals surface area (Å²) >= 11 is 0. The molecule has 35 heavy (non-hydrogen) atoms. The lowest BCUT2D eigenvalue weighted by Gasteiger charge is -2.21. The van der Waals surface area contributed by atoms with Gasteiger partial charge in [-0.05, 0) is 54.4 Å². The molecule has 3 aromatic rings. The average Bonchev–Trinajstić information content (AvgIpc) is 3.13. The van der Waals surface area contributed by atoms with E-state index in [-0.39, 0.29) is 23.4 Å². The molecule has 4 rings (SSSR count). The molecule has 1 unspecified atom stereocenters. The molecule has 186 valence electrons. The molecule has 1 aromatic heterocycles. The molecule has 1 N–H and O–H groups in total. The quantitative estimate of drug-likeness (QED) is 0.482. The minimum Gasteiger partial charge on any atom is -0.406 e. The molecule has 0 bridgehead atoms. The normalized spacial score (nSPS) is 16.9. The standard InChI is InChI=1S/C24H25F3N4O3S/c1-18-14-31(21-7-9-22(10-8-21)34-24(25,26)27)17-30(18)15-20-11-12-28-23(13-20)29-35(32,33)16-19-5-3-2-4-6-19/h2-13,18H,14-17H2,1H3,(H,28,29). The summed E-state index contributed by atoms with van der Waals surface area (Å²) in [5.41, 5.74) is 2.36. The van der Waals surface area contributed by atoms with Gasteiger partial charge in [0.15, 0.2) is 0 Å². The van der Waals surface area contributed by atoms with Gasteiger partial charge >= 0.3 is 6.36 Å². The fraction of sp³-hybridized carbons (Fsp3) is 0.292. The van der Waals surface area contributed by atoms with E-state index in [0.29, 0.717) is 25.3 Å². The molecule has 1 fully saturated rings. The number of aromatic nitrogens is 1. The average molecular weight is 507 g/mol. The highest BCUT2D eigenvalue weighted by molar-refractivity contribution is 7.91. The third kappa shape index (κ3) is 7.09. The number of alkyl halides is 3.